The summed E-state index contributed by atoms with van der Waals surface area (Å²) < 4.78 is 0.480. The molecule has 1 saturated heterocycles. The molecular weight excluding hydrogens is 126 g/mol. The van der Waals surface area contributed by atoms with Crippen molar-refractivity contribution in [3.63, 3.8) is 0 Å². The minimum absolute atomic E-state index is 0.480. The molecule has 7 heavy (non-hydrogen) atoms. The average molecular weight is 134 g/mol. The van der Waals surface area contributed by atoms with Gasteiger partial charge in [-0.2, -0.15) is 12.6 Å². The van der Waals surface area contributed by atoms with E-state index in [9.17, 15) is 0 Å². The first-order chi connectivity index (χ1) is 3.39. The topological polar surface area (TPSA) is 14.1 Å². The smallest absolute Gasteiger partial charge is 0.0613 e. The zero-order valence-corrected chi connectivity index (χ0v) is 5.71. The molecule has 0 spiro atoms. The van der Waals surface area contributed by atoms with Crippen molar-refractivity contribution in [3.05, 3.63) is 0 Å². The molecule has 0 bridgehead atoms. The van der Waals surface area contributed by atoms with E-state index in [-0.39, 0.29) is 0 Å². The summed E-state index contributed by atoms with van der Waals surface area (Å²) in [5.41, 5.74) is 0. The Kier molecular flexibility index (Phi) is 2.35. The van der Waals surface area contributed by atoms with Gasteiger partial charge in [0.1, 0.15) is 0 Å². The minimum Gasteiger partial charge on any atom is -0.239 e. The third-order valence-corrected chi connectivity index (χ3v) is 2.41. The summed E-state index contributed by atoms with van der Waals surface area (Å²) in [6.45, 7) is 1.97. The lowest BCUT2D eigenvalue weighted by molar-refractivity contribution is 0.727. The zero-order valence-electron chi connectivity index (χ0n) is 4.00. The monoisotopic (exact) mass is 134 g/mol. The van der Waals surface area contributed by atoms with Crippen molar-refractivity contribution in [2.45, 2.75) is 4.58 Å². The number of hydrogen-bond donors (Lipinski definition) is 1. The maximum atomic E-state index is 4.23. The average Bonchev–Trinajstić information content (AvgIpc) is 1.69. The van der Waals surface area contributed by atoms with Gasteiger partial charge in [0.15, 0.2) is 0 Å². The molecule has 3 heteroatoms. The highest BCUT2D eigenvalue weighted by molar-refractivity contribution is 8.10. The second kappa shape index (κ2) is 2.84. The second-order valence-corrected chi connectivity index (χ2v) is 3.74. The Labute approximate surface area is 53.7 Å². The van der Waals surface area contributed by atoms with Gasteiger partial charge in [-0.25, -0.2) is 5.32 Å². The van der Waals surface area contributed by atoms with Crippen LogP contribution in [0.2, 0.25) is 0 Å². The predicted molar refractivity (Wildman–Crippen MR) is 37.1 cm³/mol. The first-order valence-electron chi connectivity index (χ1n) is 2.32. The van der Waals surface area contributed by atoms with E-state index in [0.717, 1.165) is 18.8 Å². The molecule has 0 aliphatic carbocycles. The van der Waals surface area contributed by atoms with Crippen LogP contribution in [-0.2, 0) is 0 Å². The fraction of sp³-hybridized carbons (Fsp3) is 1.00. The first-order valence-corrected chi connectivity index (χ1v) is 3.89. The lowest BCUT2D eigenvalue weighted by Crippen LogP contribution is -2.23. The van der Waals surface area contributed by atoms with Crippen LogP contribution in [0, 0.1) is 0 Å². The molecule has 0 N–H and O–H groups in total. The Morgan fingerprint density at radius 2 is 2.57 bits per heavy atom. The first kappa shape index (κ1) is 5.79. The highest BCUT2D eigenvalue weighted by Gasteiger charge is 2.07. The molecular formula is C4H8NS2. The van der Waals surface area contributed by atoms with Crippen LogP contribution < -0.4 is 5.32 Å². The number of thiol groups is 1. The molecule has 1 radical (unpaired) electrons. The fourth-order valence-electron chi connectivity index (χ4n) is 0.508. The van der Waals surface area contributed by atoms with Gasteiger partial charge in [0, 0.05) is 18.8 Å². The Morgan fingerprint density at radius 3 is 2.86 bits per heavy atom. The maximum Gasteiger partial charge on any atom is 0.0613 e. The number of hydrogen-bond acceptors (Lipinski definition) is 2. The van der Waals surface area contributed by atoms with E-state index in [1.165, 1.54) is 0 Å². The lowest BCUT2D eigenvalue weighted by atomic mass is 10.6. The second-order valence-electron chi connectivity index (χ2n) is 1.46. The quantitative estimate of drug-likeness (QED) is 0.479. The number of rotatable bonds is 0. The highest BCUT2D eigenvalue weighted by Crippen LogP contribution is 2.16. The molecule has 0 saturated carbocycles. The third kappa shape index (κ3) is 1.93. The molecule has 0 aromatic heterocycles. The van der Waals surface area contributed by atoms with E-state index in [4.69, 9.17) is 0 Å². The molecule has 1 aliphatic rings. The van der Waals surface area contributed by atoms with Crippen LogP contribution in [0.4, 0.5) is 0 Å². The van der Waals surface area contributed by atoms with Gasteiger partial charge in [0.2, 0.25) is 0 Å². The Morgan fingerprint density at radius 1 is 1.71 bits per heavy atom. The molecule has 41 valence electrons. The van der Waals surface area contributed by atoms with E-state index >= 15 is 0 Å². The fourth-order valence-corrected chi connectivity index (χ4v) is 1.66. The van der Waals surface area contributed by atoms with Crippen molar-refractivity contribution in [2.24, 2.45) is 0 Å². The summed E-state index contributed by atoms with van der Waals surface area (Å²) >= 11 is 6.12. The van der Waals surface area contributed by atoms with E-state index in [1.807, 2.05) is 11.8 Å². The van der Waals surface area contributed by atoms with Gasteiger partial charge < -0.3 is 0 Å². The standard InChI is InChI=1S/C4H8NS2/c6-4-3-5-1-2-7-4/h4,6H,1-3H2. The Balaban J connectivity index is 2.12. The molecule has 0 amide bonds. The maximum absolute atomic E-state index is 4.23. The van der Waals surface area contributed by atoms with Crippen molar-refractivity contribution in [2.75, 3.05) is 18.8 Å². The largest absolute Gasteiger partial charge is 0.239 e. The molecule has 1 nitrogen and oxygen atoms in total. The van der Waals surface area contributed by atoms with Gasteiger partial charge in [-0.05, 0) is 0 Å². The van der Waals surface area contributed by atoms with Crippen LogP contribution in [0.3, 0.4) is 0 Å². The molecule has 1 fully saturated rings. The van der Waals surface area contributed by atoms with Crippen LogP contribution in [0.15, 0.2) is 0 Å². The molecule has 1 atom stereocenters. The van der Waals surface area contributed by atoms with Crippen LogP contribution in [0.25, 0.3) is 0 Å². The van der Waals surface area contributed by atoms with Crippen LogP contribution in [0.5, 0.6) is 0 Å². The van der Waals surface area contributed by atoms with E-state index < -0.39 is 0 Å². The third-order valence-electron chi connectivity index (χ3n) is 0.845. The van der Waals surface area contributed by atoms with Crippen LogP contribution >= 0.6 is 24.4 Å². The summed E-state index contributed by atoms with van der Waals surface area (Å²) in [6, 6.07) is 0. The van der Waals surface area contributed by atoms with Crippen molar-refractivity contribution in [1.29, 1.82) is 0 Å². The summed E-state index contributed by atoms with van der Waals surface area (Å²) in [7, 11) is 0. The van der Waals surface area contributed by atoms with Crippen LogP contribution in [0.1, 0.15) is 0 Å². The number of thioether (sulfide) groups is 1. The molecule has 1 rings (SSSR count). The van der Waals surface area contributed by atoms with Gasteiger partial charge >= 0.3 is 0 Å². The lowest BCUT2D eigenvalue weighted by Gasteiger charge is -2.14. The van der Waals surface area contributed by atoms with Gasteiger partial charge in [-0.15, -0.1) is 11.8 Å². The van der Waals surface area contributed by atoms with E-state index in [0.29, 0.717) is 4.58 Å². The Bertz CT molecular complexity index is 51.7. The van der Waals surface area contributed by atoms with Crippen molar-refractivity contribution in [1.82, 2.24) is 5.32 Å². The summed E-state index contributed by atoms with van der Waals surface area (Å²) in [4.78, 5) is 0. The van der Waals surface area contributed by atoms with Gasteiger partial charge in [-0.1, -0.05) is 0 Å². The predicted octanol–water partition coefficient (Wildman–Crippen LogP) is 0.593. The zero-order chi connectivity index (χ0) is 5.11. The molecule has 1 heterocycles. The molecule has 0 aromatic rings. The van der Waals surface area contributed by atoms with Crippen molar-refractivity contribution >= 4 is 24.4 Å². The summed E-state index contributed by atoms with van der Waals surface area (Å²) in [6.07, 6.45) is 0. The minimum atomic E-state index is 0.480. The van der Waals surface area contributed by atoms with Gasteiger partial charge in [-0.3, -0.25) is 0 Å². The SMILES string of the molecule is SC1C[N]CCS1. The van der Waals surface area contributed by atoms with Gasteiger partial charge in [0.25, 0.3) is 0 Å². The normalized spacial score (nSPS) is 33.0. The summed E-state index contributed by atoms with van der Waals surface area (Å²) in [5, 5.41) is 4.16. The van der Waals surface area contributed by atoms with E-state index in [1.54, 1.807) is 0 Å². The van der Waals surface area contributed by atoms with Crippen molar-refractivity contribution < 1.29 is 0 Å². The molecule has 1 aliphatic heterocycles. The number of nitrogens with zero attached hydrogens (tertiary/aromatic N) is 1. The highest BCUT2D eigenvalue weighted by atomic mass is 32.2. The molecule has 0 aromatic carbocycles. The molecule has 1 unspecified atom stereocenters. The van der Waals surface area contributed by atoms with Crippen molar-refractivity contribution in [3.8, 4) is 0 Å². The van der Waals surface area contributed by atoms with Crippen LogP contribution in [-0.4, -0.2) is 23.4 Å². The van der Waals surface area contributed by atoms with E-state index in [2.05, 4.69) is 17.9 Å². The van der Waals surface area contributed by atoms with Gasteiger partial charge in [0.05, 0.1) is 4.58 Å². The summed E-state index contributed by atoms with van der Waals surface area (Å²) in [5.74, 6) is 1.16. The Hall–Kier alpha value is 0.660.